The van der Waals surface area contributed by atoms with Crippen molar-refractivity contribution in [3.63, 3.8) is 0 Å². The summed E-state index contributed by atoms with van der Waals surface area (Å²) in [5.41, 5.74) is 2.26. The van der Waals surface area contributed by atoms with E-state index in [1.54, 1.807) is 0 Å². The van der Waals surface area contributed by atoms with Gasteiger partial charge in [0.2, 0.25) is 0 Å². The maximum Gasteiger partial charge on any atom is 0.196 e. The normalized spacial score (nSPS) is 21.6. The van der Waals surface area contributed by atoms with Gasteiger partial charge in [-0.3, -0.25) is 0 Å². The van der Waals surface area contributed by atoms with Crippen LogP contribution in [0, 0.1) is 0 Å². The first-order valence-corrected chi connectivity index (χ1v) is 7.54. The number of rotatable bonds is 3. The monoisotopic (exact) mass is 273 g/mol. The van der Waals surface area contributed by atoms with Crippen LogP contribution in [0.2, 0.25) is 0 Å². The number of benzene rings is 1. The Kier molecular flexibility index (Phi) is 3.55. The molecule has 2 N–H and O–H groups in total. The second kappa shape index (κ2) is 5.35. The largest absolute Gasteiger partial charge is 0.489 e. The number of guanidine groups is 1. The van der Waals surface area contributed by atoms with Crippen molar-refractivity contribution in [2.75, 3.05) is 5.32 Å². The summed E-state index contributed by atoms with van der Waals surface area (Å²) >= 11 is 0. The maximum absolute atomic E-state index is 5.91. The smallest absolute Gasteiger partial charge is 0.196 e. The Morgan fingerprint density at radius 3 is 2.80 bits per heavy atom. The summed E-state index contributed by atoms with van der Waals surface area (Å²) < 4.78 is 5.91. The number of nitrogens with zero attached hydrogens (tertiary/aromatic N) is 1. The molecular weight excluding hydrogens is 250 g/mol. The van der Waals surface area contributed by atoms with E-state index in [0.29, 0.717) is 6.04 Å². The van der Waals surface area contributed by atoms with Crippen molar-refractivity contribution < 1.29 is 4.74 Å². The van der Waals surface area contributed by atoms with Crippen molar-refractivity contribution in [3.8, 4) is 5.75 Å². The molecule has 1 aliphatic carbocycles. The number of hydrogen-bond acceptors (Lipinski definition) is 4. The Bertz CT molecular complexity index is 520. The molecule has 0 bridgehead atoms. The van der Waals surface area contributed by atoms with E-state index in [-0.39, 0.29) is 12.1 Å². The van der Waals surface area contributed by atoms with Gasteiger partial charge in [-0.25, -0.2) is 4.99 Å². The fourth-order valence-corrected chi connectivity index (χ4v) is 2.62. The van der Waals surface area contributed by atoms with E-state index in [1.165, 1.54) is 24.8 Å². The van der Waals surface area contributed by atoms with E-state index >= 15 is 0 Å². The van der Waals surface area contributed by atoms with Crippen molar-refractivity contribution in [3.05, 3.63) is 23.8 Å². The van der Waals surface area contributed by atoms with Crippen molar-refractivity contribution >= 4 is 11.6 Å². The highest BCUT2D eigenvalue weighted by Gasteiger charge is 2.25. The van der Waals surface area contributed by atoms with E-state index in [2.05, 4.69) is 23.6 Å². The van der Waals surface area contributed by atoms with Crippen molar-refractivity contribution in [2.45, 2.75) is 58.2 Å². The fourth-order valence-electron chi connectivity index (χ4n) is 2.62. The molecule has 3 rings (SSSR count). The first kappa shape index (κ1) is 13.3. The van der Waals surface area contributed by atoms with Crippen LogP contribution in [0.3, 0.4) is 0 Å². The van der Waals surface area contributed by atoms with Crippen LogP contribution in [0.4, 0.5) is 5.69 Å². The summed E-state index contributed by atoms with van der Waals surface area (Å²) in [5.74, 6) is 1.79. The number of fused-ring (bicyclic) bond motifs is 1. The zero-order valence-electron chi connectivity index (χ0n) is 12.4. The maximum atomic E-state index is 5.91. The highest BCUT2D eigenvalue weighted by atomic mass is 16.5. The summed E-state index contributed by atoms with van der Waals surface area (Å²) in [4.78, 5) is 4.70. The third-order valence-corrected chi connectivity index (χ3v) is 3.88. The summed E-state index contributed by atoms with van der Waals surface area (Å²) in [7, 11) is 0. The molecule has 1 aliphatic heterocycles. The highest BCUT2D eigenvalue weighted by Crippen LogP contribution is 2.37. The lowest BCUT2D eigenvalue weighted by Crippen LogP contribution is -2.44. The molecule has 1 unspecified atom stereocenters. The van der Waals surface area contributed by atoms with Gasteiger partial charge in [0.15, 0.2) is 5.96 Å². The van der Waals surface area contributed by atoms with Gasteiger partial charge in [-0.15, -0.1) is 0 Å². The molecule has 0 radical (unpaired) electrons. The van der Waals surface area contributed by atoms with Crippen LogP contribution in [0.1, 0.15) is 51.6 Å². The van der Waals surface area contributed by atoms with Gasteiger partial charge in [0.25, 0.3) is 0 Å². The van der Waals surface area contributed by atoms with Gasteiger partial charge in [-0.05, 0) is 46.1 Å². The molecule has 2 aliphatic rings. The van der Waals surface area contributed by atoms with Gasteiger partial charge in [0.1, 0.15) is 5.75 Å². The molecule has 1 fully saturated rings. The lowest BCUT2D eigenvalue weighted by atomic mass is 9.93. The first-order chi connectivity index (χ1) is 9.63. The molecule has 0 amide bonds. The molecule has 1 aromatic rings. The molecule has 0 aromatic heterocycles. The number of para-hydroxylation sites is 1. The summed E-state index contributed by atoms with van der Waals surface area (Å²) in [6.07, 6.45) is 3.97. The van der Waals surface area contributed by atoms with Crippen LogP contribution in [-0.2, 0) is 0 Å². The predicted molar refractivity (Wildman–Crippen MR) is 82.5 cm³/mol. The third-order valence-electron chi connectivity index (χ3n) is 3.88. The zero-order valence-corrected chi connectivity index (χ0v) is 12.4. The first-order valence-electron chi connectivity index (χ1n) is 7.54. The molecule has 1 saturated carbocycles. The van der Waals surface area contributed by atoms with Gasteiger partial charge in [0.05, 0.1) is 17.8 Å². The molecule has 108 valence electrons. The van der Waals surface area contributed by atoms with E-state index in [4.69, 9.17) is 9.73 Å². The predicted octanol–water partition coefficient (Wildman–Crippen LogP) is 3.46. The van der Waals surface area contributed by atoms with Crippen LogP contribution in [-0.4, -0.2) is 18.1 Å². The Morgan fingerprint density at radius 2 is 2.15 bits per heavy atom. The van der Waals surface area contributed by atoms with Crippen molar-refractivity contribution in [1.82, 2.24) is 5.32 Å². The second-order valence-electron chi connectivity index (χ2n) is 5.94. The summed E-state index contributed by atoms with van der Waals surface area (Å²) in [6.45, 7) is 6.22. The van der Waals surface area contributed by atoms with Crippen LogP contribution in [0.5, 0.6) is 5.75 Å². The molecule has 0 spiro atoms. The highest BCUT2D eigenvalue weighted by molar-refractivity contribution is 5.98. The van der Waals surface area contributed by atoms with Gasteiger partial charge >= 0.3 is 0 Å². The molecule has 1 heterocycles. The minimum absolute atomic E-state index is 0.157. The van der Waals surface area contributed by atoms with Crippen LogP contribution in [0.25, 0.3) is 0 Å². The summed E-state index contributed by atoms with van der Waals surface area (Å²) in [6, 6.07) is 6.90. The number of hydrogen-bond donors (Lipinski definition) is 2. The number of aliphatic imine (C=N–C) groups is 1. The number of nitrogens with one attached hydrogen (secondary N) is 2. The third kappa shape index (κ3) is 2.60. The minimum Gasteiger partial charge on any atom is -0.489 e. The van der Waals surface area contributed by atoms with Crippen molar-refractivity contribution in [2.24, 2.45) is 4.99 Å². The van der Waals surface area contributed by atoms with E-state index < -0.39 is 0 Å². The Balaban J connectivity index is 1.83. The summed E-state index contributed by atoms with van der Waals surface area (Å²) in [5, 5.41) is 6.90. The minimum atomic E-state index is 0.157. The number of ether oxygens (including phenoxy) is 1. The zero-order chi connectivity index (χ0) is 14.1. The topological polar surface area (TPSA) is 45.6 Å². The van der Waals surface area contributed by atoms with E-state index in [9.17, 15) is 0 Å². The van der Waals surface area contributed by atoms with Gasteiger partial charge in [0, 0.05) is 11.6 Å². The molecule has 4 heteroatoms. The average molecular weight is 273 g/mol. The van der Waals surface area contributed by atoms with Crippen LogP contribution in [0.15, 0.2) is 23.2 Å². The Labute approximate surface area is 120 Å². The molecule has 1 atom stereocenters. The molecular formula is C16H23N3O. The van der Waals surface area contributed by atoms with Crippen molar-refractivity contribution in [1.29, 1.82) is 0 Å². The Morgan fingerprint density at radius 1 is 1.35 bits per heavy atom. The van der Waals surface area contributed by atoms with E-state index in [0.717, 1.165) is 17.4 Å². The molecule has 0 saturated heterocycles. The van der Waals surface area contributed by atoms with E-state index in [1.807, 2.05) is 26.0 Å². The molecule has 20 heavy (non-hydrogen) atoms. The van der Waals surface area contributed by atoms with Gasteiger partial charge < -0.3 is 15.4 Å². The molecule has 4 nitrogen and oxygen atoms in total. The van der Waals surface area contributed by atoms with Crippen LogP contribution < -0.4 is 15.4 Å². The van der Waals surface area contributed by atoms with Gasteiger partial charge in [-0.2, -0.15) is 0 Å². The quantitative estimate of drug-likeness (QED) is 0.886. The number of anilines is 1. The Hall–Kier alpha value is -1.71. The molecule has 1 aromatic carbocycles. The lowest BCUT2D eigenvalue weighted by molar-refractivity contribution is 0.243. The standard InChI is InChI=1S/C16H23N3O/c1-10(2)20-14-9-5-8-13-11(3)17-16(19-15(13)14)18-12-6-4-7-12/h5,8-12H,4,6-7H2,1-3H3,(H2,17,18,19). The second-order valence-corrected chi connectivity index (χ2v) is 5.94. The average Bonchev–Trinajstić information content (AvgIpc) is 2.34. The lowest BCUT2D eigenvalue weighted by Gasteiger charge is -2.32. The van der Waals surface area contributed by atoms with Gasteiger partial charge in [-0.1, -0.05) is 12.1 Å². The van der Waals surface area contributed by atoms with Crippen LogP contribution >= 0.6 is 0 Å². The fraction of sp³-hybridized carbons (Fsp3) is 0.562. The SMILES string of the molecule is CC(C)Oc1cccc2c1NC(NC1CCC1)=NC2C.